The van der Waals surface area contributed by atoms with Crippen LogP contribution in [-0.4, -0.2) is 15.6 Å². The van der Waals surface area contributed by atoms with Crippen LogP contribution in [-0.2, 0) is 13.5 Å². The molecule has 0 amide bonds. The Kier molecular flexibility index (Phi) is 4.21. The zero-order valence-electron chi connectivity index (χ0n) is 12.6. The number of benzene rings is 1. The molecule has 0 aliphatic heterocycles. The molecule has 0 fully saturated rings. The quantitative estimate of drug-likeness (QED) is 0.809. The molecule has 112 valence electrons. The number of hydrogen-bond donors (Lipinski definition) is 0. The van der Waals surface area contributed by atoms with Crippen molar-refractivity contribution < 1.29 is 13.6 Å². The van der Waals surface area contributed by atoms with Crippen molar-refractivity contribution in [2.75, 3.05) is 0 Å². The Bertz CT molecular complexity index is 705. The second-order valence-electron chi connectivity index (χ2n) is 5.25. The van der Waals surface area contributed by atoms with E-state index in [1.54, 1.807) is 4.68 Å². The summed E-state index contributed by atoms with van der Waals surface area (Å²) < 4.78 is 29.0. The molecule has 3 nitrogen and oxygen atoms in total. The van der Waals surface area contributed by atoms with Gasteiger partial charge in [-0.25, -0.2) is 8.78 Å². The summed E-state index contributed by atoms with van der Waals surface area (Å²) in [4.78, 5) is 12.1. The number of hydrogen-bond acceptors (Lipinski definition) is 2. The van der Waals surface area contributed by atoms with E-state index in [2.05, 4.69) is 5.10 Å². The van der Waals surface area contributed by atoms with Crippen molar-refractivity contribution in [3.8, 4) is 0 Å². The predicted molar refractivity (Wildman–Crippen MR) is 76.4 cm³/mol. The predicted octanol–water partition coefficient (Wildman–Crippen LogP) is 3.44. The molecule has 0 unspecified atom stereocenters. The molecule has 0 spiro atoms. The van der Waals surface area contributed by atoms with Crippen LogP contribution in [0.15, 0.2) is 12.1 Å². The summed E-state index contributed by atoms with van der Waals surface area (Å²) in [5, 5.41) is 4.28. The molecule has 0 radical (unpaired) electrons. The molecule has 2 rings (SSSR count). The van der Waals surface area contributed by atoms with E-state index in [-0.39, 0.29) is 17.5 Å². The van der Waals surface area contributed by atoms with E-state index in [0.717, 1.165) is 17.0 Å². The van der Waals surface area contributed by atoms with Crippen LogP contribution in [0.3, 0.4) is 0 Å². The maximum absolute atomic E-state index is 13.8. The first kappa shape index (κ1) is 15.4. The largest absolute Gasteiger partial charge is 0.294 e. The minimum Gasteiger partial charge on any atom is -0.294 e. The lowest BCUT2D eigenvalue weighted by Crippen LogP contribution is -2.07. The van der Waals surface area contributed by atoms with Crippen LogP contribution in [0.5, 0.6) is 0 Å². The third-order valence-corrected chi connectivity index (χ3v) is 3.84. The lowest BCUT2D eigenvalue weighted by Gasteiger charge is -2.06. The van der Waals surface area contributed by atoms with E-state index in [4.69, 9.17) is 0 Å². The highest BCUT2D eigenvalue weighted by atomic mass is 19.2. The normalized spacial score (nSPS) is 11.0. The van der Waals surface area contributed by atoms with Gasteiger partial charge < -0.3 is 0 Å². The Morgan fingerprint density at radius 1 is 1.19 bits per heavy atom. The van der Waals surface area contributed by atoms with Gasteiger partial charge in [0.15, 0.2) is 17.4 Å². The van der Waals surface area contributed by atoms with Crippen molar-refractivity contribution in [3.05, 3.63) is 51.8 Å². The SMILES string of the molecule is Cc1ccc(C(=O)CCc2c(C)nn(C)c2C)c(F)c1F. The Labute approximate surface area is 122 Å². The molecule has 0 atom stereocenters. The van der Waals surface area contributed by atoms with Crippen molar-refractivity contribution in [3.63, 3.8) is 0 Å². The number of rotatable bonds is 4. The molecule has 1 aromatic carbocycles. The van der Waals surface area contributed by atoms with Gasteiger partial charge in [-0.2, -0.15) is 5.10 Å². The minimum absolute atomic E-state index is 0.132. The molecular weight excluding hydrogens is 274 g/mol. The topological polar surface area (TPSA) is 34.9 Å². The van der Waals surface area contributed by atoms with Crippen LogP contribution in [0.25, 0.3) is 0 Å². The number of carbonyl (C=O) groups excluding carboxylic acids is 1. The first-order chi connectivity index (χ1) is 9.82. The maximum Gasteiger partial charge on any atom is 0.169 e. The average Bonchev–Trinajstić information content (AvgIpc) is 2.67. The molecule has 0 saturated carbocycles. The van der Waals surface area contributed by atoms with Crippen LogP contribution in [0.1, 0.15) is 39.3 Å². The van der Waals surface area contributed by atoms with E-state index in [9.17, 15) is 13.6 Å². The zero-order valence-corrected chi connectivity index (χ0v) is 12.6. The Morgan fingerprint density at radius 2 is 1.86 bits per heavy atom. The second-order valence-corrected chi connectivity index (χ2v) is 5.25. The molecule has 2 aromatic rings. The number of ketones is 1. The summed E-state index contributed by atoms with van der Waals surface area (Å²) in [7, 11) is 1.84. The number of halogens is 2. The van der Waals surface area contributed by atoms with Crippen LogP contribution in [0, 0.1) is 32.4 Å². The number of nitrogens with zero attached hydrogens (tertiary/aromatic N) is 2. The van der Waals surface area contributed by atoms with Gasteiger partial charge in [0.1, 0.15) is 0 Å². The molecule has 1 aromatic heterocycles. The van der Waals surface area contributed by atoms with Gasteiger partial charge in [0.05, 0.1) is 11.3 Å². The van der Waals surface area contributed by atoms with Gasteiger partial charge in [-0.05, 0) is 44.4 Å². The van der Waals surface area contributed by atoms with Gasteiger partial charge in [0.25, 0.3) is 0 Å². The van der Waals surface area contributed by atoms with E-state index < -0.39 is 17.4 Å². The maximum atomic E-state index is 13.8. The van der Waals surface area contributed by atoms with Crippen molar-refractivity contribution in [1.82, 2.24) is 9.78 Å². The first-order valence-corrected chi connectivity index (χ1v) is 6.79. The molecule has 21 heavy (non-hydrogen) atoms. The summed E-state index contributed by atoms with van der Waals surface area (Å²) >= 11 is 0. The van der Waals surface area contributed by atoms with Crippen LogP contribution >= 0.6 is 0 Å². The van der Waals surface area contributed by atoms with Crippen molar-refractivity contribution >= 4 is 5.78 Å². The molecule has 0 aliphatic rings. The van der Waals surface area contributed by atoms with Gasteiger partial charge in [0, 0.05) is 19.2 Å². The highest BCUT2D eigenvalue weighted by Crippen LogP contribution is 2.19. The van der Waals surface area contributed by atoms with Gasteiger partial charge >= 0.3 is 0 Å². The minimum atomic E-state index is -1.06. The van der Waals surface area contributed by atoms with Crippen LogP contribution in [0.4, 0.5) is 8.78 Å². The fourth-order valence-electron chi connectivity index (χ4n) is 2.41. The fourth-order valence-corrected chi connectivity index (χ4v) is 2.41. The standard InChI is InChI=1S/C16H18F2N2O/c1-9-5-6-13(16(18)15(9)17)14(21)8-7-12-10(2)19-20(4)11(12)3/h5-6H,7-8H2,1-4H3. The van der Waals surface area contributed by atoms with E-state index in [1.165, 1.54) is 19.1 Å². The van der Waals surface area contributed by atoms with Crippen molar-refractivity contribution in [2.24, 2.45) is 7.05 Å². The molecule has 0 N–H and O–H groups in total. The monoisotopic (exact) mass is 292 g/mol. The number of Topliss-reactive ketones (excluding diaryl/α,β-unsaturated/α-hetero) is 1. The van der Waals surface area contributed by atoms with Crippen LogP contribution in [0.2, 0.25) is 0 Å². The zero-order chi connectivity index (χ0) is 15.7. The molecule has 0 bridgehead atoms. The molecule has 5 heteroatoms. The summed E-state index contributed by atoms with van der Waals surface area (Å²) in [6.45, 7) is 5.26. The van der Waals surface area contributed by atoms with Crippen molar-refractivity contribution in [1.29, 1.82) is 0 Å². The fraction of sp³-hybridized carbons (Fsp3) is 0.375. The molecular formula is C16H18F2N2O. The van der Waals surface area contributed by atoms with Crippen molar-refractivity contribution in [2.45, 2.75) is 33.6 Å². The second kappa shape index (κ2) is 5.76. The Balaban J connectivity index is 2.18. The van der Waals surface area contributed by atoms with Gasteiger partial charge in [-0.3, -0.25) is 9.48 Å². The highest BCUT2D eigenvalue weighted by molar-refractivity contribution is 5.96. The Morgan fingerprint density at radius 3 is 2.43 bits per heavy atom. The van der Waals surface area contributed by atoms with Gasteiger partial charge in [0.2, 0.25) is 0 Å². The molecule has 0 saturated heterocycles. The van der Waals surface area contributed by atoms with Crippen LogP contribution < -0.4 is 0 Å². The molecule has 0 aliphatic carbocycles. The van der Waals surface area contributed by atoms with E-state index >= 15 is 0 Å². The average molecular weight is 292 g/mol. The summed E-state index contributed by atoms with van der Waals surface area (Å²) in [5.41, 5.74) is 2.84. The smallest absolute Gasteiger partial charge is 0.169 e. The number of aromatic nitrogens is 2. The highest BCUT2D eigenvalue weighted by Gasteiger charge is 2.18. The van der Waals surface area contributed by atoms with E-state index in [1.807, 2.05) is 20.9 Å². The number of carbonyl (C=O) groups is 1. The first-order valence-electron chi connectivity index (χ1n) is 6.79. The number of aryl methyl sites for hydroxylation is 3. The van der Waals surface area contributed by atoms with E-state index in [0.29, 0.717) is 6.42 Å². The summed E-state index contributed by atoms with van der Waals surface area (Å²) in [6.07, 6.45) is 0.603. The summed E-state index contributed by atoms with van der Waals surface area (Å²) in [5.74, 6) is -2.40. The summed E-state index contributed by atoms with van der Waals surface area (Å²) in [6, 6.07) is 2.77. The van der Waals surface area contributed by atoms with Gasteiger partial charge in [-0.15, -0.1) is 0 Å². The Hall–Kier alpha value is -2.04. The lowest BCUT2D eigenvalue weighted by molar-refractivity contribution is 0.0978. The third-order valence-electron chi connectivity index (χ3n) is 3.84. The molecule has 1 heterocycles. The van der Waals surface area contributed by atoms with Gasteiger partial charge in [-0.1, -0.05) is 6.07 Å². The third kappa shape index (κ3) is 2.86. The lowest BCUT2D eigenvalue weighted by atomic mass is 10.00.